The monoisotopic (exact) mass is 377 g/mol. The number of aromatic nitrogens is 2. The topological polar surface area (TPSA) is 78.7 Å². The van der Waals surface area contributed by atoms with Gasteiger partial charge in [-0.25, -0.2) is 9.78 Å². The first-order valence-corrected chi connectivity index (χ1v) is 9.46. The highest BCUT2D eigenvalue weighted by Gasteiger charge is 2.25. The molecule has 0 spiro atoms. The summed E-state index contributed by atoms with van der Waals surface area (Å²) in [7, 11) is 0. The number of hydrogen-bond donors (Lipinski definition) is 2. The molecule has 0 aliphatic carbocycles. The molecule has 0 atom stereocenters. The van der Waals surface area contributed by atoms with Gasteiger partial charge in [0.05, 0.1) is 0 Å². The van der Waals surface area contributed by atoms with Crippen LogP contribution in [-0.4, -0.2) is 45.4 Å². The van der Waals surface area contributed by atoms with E-state index >= 15 is 0 Å². The van der Waals surface area contributed by atoms with E-state index in [0.717, 1.165) is 29.7 Å². The van der Waals surface area contributed by atoms with Gasteiger partial charge in [-0.15, -0.1) is 0 Å². The smallest absolute Gasteiger partial charge is 0.321 e. The number of nitrogens with one attached hydrogen (secondary N) is 2. The summed E-state index contributed by atoms with van der Waals surface area (Å²) in [6.45, 7) is 3.21. The van der Waals surface area contributed by atoms with Crippen LogP contribution in [0.25, 0.3) is 5.65 Å². The number of carbonyl (C=O) groups is 2. The van der Waals surface area contributed by atoms with Gasteiger partial charge in [0.1, 0.15) is 11.3 Å². The zero-order chi connectivity index (χ0) is 19.5. The second-order valence-electron chi connectivity index (χ2n) is 7.13. The van der Waals surface area contributed by atoms with E-state index in [2.05, 4.69) is 15.6 Å². The molecule has 7 heteroatoms. The zero-order valence-corrected chi connectivity index (χ0v) is 15.8. The van der Waals surface area contributed by atoms with Gasteiger partial charge in [-0.1, -0.05) is 18.2 Å². The SMILES string of the molecule is Cc1ccn2cc(C(=O)NC3CCN(C(=O)Nc4ccccc4)CC3)nc2c1. The second kappa shape index (κ2) is 7.72. The van der Waals surface area contributed by atoms with Crippen LogP contribution in [0.15, 0.2) is 54.9 Å². The van der Waals surface area contributed by atoms with Crippen LogP contribution in [0, 0.1) is 6.92 Å². The van der Waals surface area contributed by atoms with Crippen LogP contribution in [0.2, 0.25) is 0 Å². The molecule has 0 radical (unpaired) electrons. The number of benzene rings is 1. The number of carbonyl (C=O) groups excluding carboxylic acids is 2. The van der Waals surface area contributed by atoms with Crippen molar-refractivity contribution in [3.05, 3.63) is 66.1 Å². The van der Waals surface area contributed by atoms with Gasteiger partial charge in [-0.3, -0.25) is 4.79 Å². The Morgan fingerprint density at radius 3 is 2.61 bits per heavy atom. The van der Waals surface area contributed by atoms with Gasteiger partial charge in [0.25, 0.3) is 5.91 Å². The summed E-state index contributed by atoms with van der Waals surface area (Å²) in [6.07, 6.45) is 5.09. The number of aryl methyl sites for hydroxylation is 1. The fourth-order valence-electron chi connectivity index (χ4n) is 3.40. The van der Waals surface area contributed by atoms with E-state index in [0.29, 0.717) is 18.8 Å². The number of imidazole rings is 1. The van der Waals surface area contributed by atoms with Gasteiger partial charge in [-0.05, 0) is 49.6 Å². The maximum absolute atomic E-state index is 12.5. The highest BCUT2D eigenvalue weighted by molar-refractivity contribution is 5.93. The van der Waals surface area contributed by atoms with Gasteiger partial charge in [0.2, 0.25) is 0 Å². The molecule has 2 aromatic heterocycles. The van der Waals surface area contributed by atoms with E-state index in [1.807, 2.05) is 60.0 Å². The van der Waals surface area contributed by atoms with Crippen molar-refractivity contribution < 1.29 is 9.59 Å². The third-order valence-corrected chi connectivity index (χ3v) is 4.99. The number of fused-ring (bicyclic) bond motifs is 1. The number of pyridine rings is 1. The lowest BCUT2D eigenvalue weighted by Crippen LogP contribution is -2.47. The number of urea groups is 1. The second-order valence-corrected chi connectivity index (χ2v) is 7.13. The van der Waals surface area contributed by atoms with Crippen molar-refractivity contribution in [2.24, 2.45) is 0 Å². The summed E-state index contributed by atoms with van der Waals surface area (Å²) in [6, 6.07) is 13.3. The van der Waals surface area contributed by atoms with Gasteiger partial charge < -0.3 is 19.9 Å². The summed E-state index contributed by atoms with van der Waals surface area (Å²) < 4.78 is 1.85. The molecule has 1 aliphatic rings. The fraction of sp³-hybridized carbons (Fsp3) is 0.286. The molecule has 2 N–H and O–H groups in total. The van der Waals surface area contributed by atoms with Gasteiger partial charge in [-0.2, -0.15) is 0 Å². The average Bonchev–Trinajstić information content (AvgIpc) is 3.12. The predicted molar refractivity (Wildman–Crippen MR) is 107 cm³/mol. The number of nitrogens with zero attached hydrogens (tertiary/aromatic N) is 3. The minimum atomic E-state index is -0.173. The Hall–Kier alpha value is -3.35. The van der Waals surface area contributed by atoms with Crippen molar-refractivity contribution in [1.82, 2.24) is 19.6 Å². The van der Waals surface area contributed by atoms with E-state index in [1.165, 1.54) is 0 Å². The van der Waals surface area contributed by atoms with Crippen LogP contribution < -0.4 is 10.6 Å². The Bertz CT molecular complexity index is 990. The van der Waals surface area contributed by atoms with Crippen molar-refractivity contribution in [3.8, 4) is 0 Å². The summed E-state index contributed by atoms with van der Waals surface area (Å²) in [5, 5.41) is 5.95. The van der Waals surface area contributed by atoms with Gasteiger partial charge in [0.15, 0.2) is 0 Å². The maximum atomic E-state index is 12.5. The fourth-order valence-corrected chi connectivity index (χ4v) is 3.40. The largest absolute Gasteiger partial charge is 0.348 e. The summed E-state index contributed by atoms with van der Waals surface area (Å²) in [4.78, 5) is 31.1. The minimum absolute atomic E-state index is 0.0415. The quantitative estimate of drug-likeness (QED) is 0.736. The van der Waals surface area contributed by atoms with Crippen LogP contribution in [0.3, 0.4) is 0 Å². The van der Waals surface area contributed by atoms with Crippen LogP contribution in [0.4, 0.5) is 10.5 Å². The Labute approximate surface area is 163 Å². The first kappa shape index (κ1) is 18.0. The average molecular weight is 377 g/mol. The predicted octanol–water partition coefficient (Wildman–Crippen LogP) is 3.07. The first-order chi connectivity index (χ1) is 13.6. The summed E-state index contributed by atoms with van der Waals surface area (Å²) in [5.74, 6) is -0.173. The minimum Gasteiger partial charge on any atom is -0.348 e. The Morgan fingerprint density at radius 1 is 1.11 bits per heavy atom. The lowest BCUT2D eigenvalue weighted by Gasteiger charge is -2.32. The van der Waals surface area contributed by atoms with Crippen molar-refractivity contribution in [1.29, 1.82) is 0 Å². The van der Waals surface area contributed by atoms with E-state index < -0.39 is 0 Å². The number of hydrogen-bond acceptors (Lipinski definition) is 3. The number of piperidine rings is 1. The third kappa shape index (κ3) is 3.98. The lowest BCUT2D eigenvalue weighted by atomic mass is 10.1. The van der Waals surface area contributed by atoms with Crippen LogP contribution in [-0.2, 0) is 0 Å². The maximum Gasteiger partial charge on any atom is 0.321 e. The van der Waals surface area contributed by atoms with Gasteiger partial charge in [0, 0.05) is 37.2 Å². The van der Waals surface area contributed by atoms with E-state index in [1.54, 1.807) is 11.1 Å². The van der Waals surface area contributed by atoms with Crippen molar-refractivity contribution in [2.75, 3.05) is 18.4 Å². The van der Waals surface area contributed by atoms with E-state index in [9.17, 15) is 9.59 Å². The molecule has 1 aliphatic heterocycles. The summed E-state index contributed by atoms with van der Waals surface area (Å²) >= 11 is 0. The molecule has 0 saturated carbocycles. The summed E-state index contributed by atoms with van der Waals surface area (Å²) in [5.41, 5.74) is 3.06. The van der Waals surface area contributed by atoms with Crippen molar-refractivity contribution >= 4 is 23.3 Å². The van der Waals surface area contributed by atoms with E-state index in [4.69, 9.17) is 0 Å². The van der Waals surface area contributed by atoms with Crippen molar-refractivity contribution in [2.45, 2.75) is 25.8 Å². The number of para-hydroxylation sites is 1. The zero-order valence-electron chi connectivity index (χ0n) is 15.8. The molecule has 3 heterocycles. The molecule has 1 saturated heterocycles. The Morgan fingerprint density at radius 2 is 1.86 bits per heavy atom. The highest BCUT2D eigenvalue weighted by atomic mass is 16.2. The molecular weight excluding hydrogens is 354 g/mol. The Balaban J connectivity index is 1.31. The molecule has 0 bridgehead atoms. The molecule has 1 fully saturated rings. The Kier molecular flexibility index (Phi) is 4.97. The number of anilines is 1. The third-order valence-electron chi connectivity index (χ3n) is 4.99. The number of amides is 3. The van der Waals surface area contributed by atoms with Gasteiger partial charge >= 0.3 is 6.03 Å². The standard InChI is InChI=1S/C21H23N5O2/c1-15-7-10-26-14-18(24-19(26)13-15)20(27)22-17-8-11-25(12-9-17)21(28)23-16-5-3-2-4-6-16/h2-7,10,13-14,17H,8-9,11-12H2,1H3,(H,22,27)(H,23,28). The number of likely N-dealkylation sites (tertiary alicyclic amines) is 1. The molecular formula is C21H23N5O2. The molecule has 7 nitrogen and oxygen atoms in total. The molecule has 3 aromatic rings. The first-order valence-electron chi connectivity index (χ1n) is 9.46. The number of rotatable bonds is 3. The normalized spacial score (nSPS) is 14.8. The molecule has 28 heavy (non-hydrogen) atoms. The van der Waals surface area contributed by atoms with Crippen LogP contribution in [0.5, 0.6) is 0 Å². The molecule has 0 unspecified atom stereocenters. The molecule has 3 amide bonds. The van der Waals surface area contributed by atoms with E-state index in [-0.39, 0.29) is 18.0 Å². The highest BCUT2D eigenvalue weighted by Crippen LogP contribution is 2.14. The molecule has 1 aromatic carbocycles. The van der Waals surface area contributed by atoms with Crippen molar-refractivity contribution in [3.63, 3.8) is 0 Å². The molecule has 144 valence electrons. The lowest BCUT2D eigenvalue weighted by molar-refractivity contribution is 0.0915. The van der Waals surface area contributed by atoms with Crippen LogP contribution in [0.1, 0.15) is 28.9 Å². The van der Waals surface area contributed by atoms with Crippen LogP contribution >= 0.6 is 0 Å². The molecule has 4 rings (SSSR count).